The Morgan fingerprint density at radius 2 is 0.550 bits per heavy atom. The van der Waals surface area contributed by atoms with E-state index in [-0.39, 0.29) is 5.78 Å². The lowest BCUT2D eigenvalue weighted by atomic mass is 9.99. The molecule has 0 atom stereocenters. The summed E-state index contributed by atoms with van der Waals surface area (Å²) in [7, 11) is 0. The third-order valence-corrected chi connectivity index (χ3v) is 10.8. The standard InChI is InChI=1S/C55H40N4O/c60-55-41-35-49(56(43-21-7-1-8-22-43)44-23-9-2-10-24-44)39-51(37-41)58(47-29-15-5-16-30-47)53-33-19-20-34-54(53)59(48-31-17-6-18-32-48)52-38-42(55)36-50(40-52)57(45-25-11-3-12-26-45)46-27-13-4-14-28-46/h1-40H. The molecular formula is C55H40N4O. The molecule has 0 amide bonds. The van der Waals surface area contributed by atoms with Crippen LogP contribution in [0.2, 0.25) is 0 Å². The Labute approximate surface area is 350 Å². The molecule has 60 heavy (non-hydrogen) atoms. The van der Waals surface area contributed by atoms with Gasteiger partial charge in [0.05, 0.1) is 11.4 Å². The van der Waals surface area contributed by atoms with E-state index < -0.39 is 0 Å². The number of ketones is 1. The van der Waals surface area contributed by atoms with Crippen LogP contribution in [0.25, 0.3) is 0 Å². The van der Waals surface area contributed by atoms with Crippen LogP contribution < -0.4 is 19.6 Å². The molecule has 0 aliphatic carbocycles. The Morgan fingerprint density at radius 1 is 0.267 bits per heavy atom. The second-order valence-corrected chi connectivity index (χ2v) is 14.6. The van der Waals surface area contributed by atoms with Crippen LogP contribution in [0.1, 0.15) is 15.9 Å². The van der Waals surface area contributed by atoms with E-state index >= 15 is 4.79 Å². The molecule has 0 unspecified atom stereocenters. The predicted molar refractivity (Wildman–Crippen MR) is 249 cm³/mol. The molecule has 0 saturated heterocycles. The zero-order valence-electron chi connectivity index (χ0n) is 32.8. The number of benzene rings is 9. The maximum atomic E-state index is 15.6. The molecule has 0 saturated carbocycles. The highest BCUT2D eigenvalue weighted by Gasteiger charge is 2.28. The molecule has 0 radical (unpaired) electrons. The molecule has 5 heteroatoms. The van der Waals surface area contributed by atoms with Crippen LogP contribution in [-0.2, 0) is 0 Å². The Bertz CT molecular complexity index is 2610. The highest BCUT2D eigenvalue weighted by atomic mass is 16.1. The minimum Gasteiger partial charge on any atom is -0.310 e. The van der Waals surface area contributed by atoms with Gasteiger partial charge in [-0.15, -0.1) is 0 Å². The lowest BCUT2D eigenvalue weighted by Crippen LogP contribution is -2.18. The van der Waals surface area contributed by atoms with Gasteiger partial charge in [-0.1, -0.05) is 121 Å². The molecule has 9 aromatic carbocycles. The first-order valence-electron chi connectivity index (χ1n) is 20.1. The molecule has 0 fully saturated rings. The SMILES string of the molecule is O=C1c2cc(N(c3ccccc3)c3ccccc3)cc(c2)N(c2ccccc2)c2ccccc2N(c2ccccc2)c2cc1cc(N(c1ccccc1)c1ccccc1)c2. The lowest BCUT2D eigenvalue weighted by molar-refractivity contribution is 0.103. The van der Waals surface area contributed by atoms with Crippen LogP contribution in [0.15, 0.2) is 243 Å². The third-order valence-electron chi connectivity index (χ3n) is 10.8. The second-order valence-electron chi connectivity index (χ2n) is 14.6. The summed E-state index contributed by atoms with van der Waals surface area (Å²) in [6.07, 6.45) is 0. The van der Waals surface area contributed by atoms with Gasteiger partial charge in [0, 0.05) is 68.0 Å². The van der Waals surface area contributed by atoms with Crippen molar-refractivity contribution in [2.45, 2.75) is 0 Å². The minimum atomic E-state index is -0.0877. The van der Waals surface area contributed by atoms with E-state index in [9.17, 15) is 0 Å². The highest BCUT2D eigenvalue weighted by Crippen LogP contribution is 2.49. The Kier molecular flexibility index (Phi) is 9.66. The summed E-state index contributed by atoms with van der Waals surface area (Å²) in [4.78, 5) is 24.6. The molecule has 0 spiro atoms. The fourth-order valence-electron chi connectivity index (χ4n) is 8.19. The zero-order valence-corrected chi connectivity index (χ0v) is 32.8. The second kappa shape index (κ2) is 16.0. The number of para-hydroxylation sites is 8. The van der Waals surface area contributed by atoms with Gasteiger partial charge < -0.3 is 19.6 Å². The summed E-state index contributed by atoms with van der Waals surface area (Å²) in [5.74, 6) is -0.0877. The number of nitrogens with zero attached hydrogens (tertiary/aromatic N) is 4. The number of hydrogen-bond acceptors (Lipinski definition) is 5. The fourth-order valence-corrected chi connectivity index (χ4v) is 8.19. The number of fused-ring (bicyclic) bond motifs is 5. The van der Waals surface area contributed by atoms with E-state index in [1.54, 1.807) is 0 Å². The van der Waals surface area contributed by atoms with Gasteiger partial charge in [-0.05, 0) is 121 Å². The first kappa shape index (κ1) is 36.2. The van der Waals surface area contributed by atoms with Gasteiger partial charge in [-0.3, -0.25) is 4.79 Å². The number of carbonyl (C=O) groups excluding carboxylic acids is 1. The van der Waals surface area contributed by atoms with Crippen molar-refractivity contribution in [1.29, 1.82) is 0 Å². The quantitative estimate of drug-likeness (QED) is 0.153. The molecule has 10 rings (SSSR count). The number of carbonyl (C=O) groups is 1. The van der Waals surface area contributed by atoms with Gasteiger partial charge in [-0.2, -0.15) is 0 Å². The van der Waals surface area contributed by atoms with E-state index in [1.807, 2.05) is 109 Å². The van der Waals surface area contributed by atoms with Gasteiger partial charge in [0.25, 0.3) is 0 Å². The van der Waals surface area contributed by atoms with Crippen LogP contribution in [0.3, 0.4) is 0 Å². The number of rotatable bonds is 8. The summed E-state index contributed by atoms with van der Waals surface area (Å²) >= 11 is 0. The van der Waals surface area contributed by atoms with Crippen molar-refractivity contribution in [3.8, 4) is 0 Å². The first-order chi connectivity index (χ1) is 29.7. The molecule has 286 valence electrons. The van der Waals surface area contributed by atoms with E-state index in [4.69, 9.17) is 0 Å². The van der Waals surface area contributed by atoms with E-state index in [2.05, 4.69) is 153 Å². The van der Waals surface area contributed by atoms with E-state index in [0.717, 1.165) is 68.2 Å². The number of hydrogen-bond donors (Lipinski definition) is 0. The third kappa shape index (κ3) is 6.95. The van der Waals surface area contributed by atoms with Crippen molar-refractivity contribution < 1.29 is 4.79 Å². The van der Waals surface area contributed by atoms with Crippen LogP contribution in [0.4, 0.5) is 68.2 Å². The summed E-state index contributed by atoms with van der Waals surface area (Å²) in [5, 5.41) is 0. The molecule has 4 bridgehead atoms. The van der Waals surface area contributed by atoms with E-state index in [0.29, 0.717) is 11.1 Å². The van der Waals surface area contributed by atoms with Gasteiger partial charge >= 0.3 is 0 Å². The summed E-state index contributed by atoms with van der Waals surface area (Å²) in [6, 6.07) is 83.2. The summed E-state index contributed by atoms with van der Waals surface area (Å²) in [5.41, 5.74) is 12.3. The maximum absolute atomic E-state index is 15.6. The van der Waals surface area contributed by atoms with Crippen molar-refractivity contribution >= 4 is 74.0 Å². The highest BCUT2D eigenvalue weighted by molar-refractivity contribution is 6.12. The predicted octanol–water partition coefficient (Wildman–Crippen LogP) is 15.1. The summed E-state index contributed by atoms with van der Waals surface area (Å²) < 4.78 is 0. The molecule has 5 nitrogen and oxygen atoms in total. The van der Waals surface area contributed by atoms with Crippen LogP contribution >= 0.6 is 0 Å². The molecule has 1 heterocycles. The minimum absolute atomic E-state index is 0.0877. The van der Waals surface area contributed by atoms with Crippen molar-refractivity contribution in [3.63, 3.8) is 0 Å². The molecule has 1 aliphatic heterocycles. The van der Waals surface area contributed by atoms with Gasteiger partial charge in [0.2, 0.25) is 0 Å². The van der Waals surface area contributed by atoms with Crippen LogP contribution in [-0.4, -0.2) is 5.78 Å². The smallest absolute Gasteiger partial charge is 0.193 e. The average Bonchev–Trinajstić information content (AvgIpc) is 3.32. The largest absolute Gasteiger partial charge is 0.310 e. The van der Waals surface area contributed by atoms with Crippen LogP contribution in [0.5, 0.6) is 0 Å². The molecule has 0 N–H and O–H groups in total. The topological polar surface area (TPSA) is 30.0 Å². The van der Waals surface area contributed by atoms with Crippen LogP contribution in [0, 0.1) is 0 Å². The lowest BCUT2D eigenvalue weighted by Gasteiger charge is -2.34. The zero-order chi connectivity index (χ0) is 40.3. The number of anilines is 12. The van der Waals surface area contributed by atoms with Crippen molar-refractivity contribution in [3.05, 3.63) is 254 Å². The Balaban J connectivity index is 1.30. The summed E-state index contributed by atoms with van der Waals surface area (Å²) in [6.45, 7) is 0. The maximum Gasteiger partial charge on any atom is 0.193 e. The Morgan fingerprint density at radius 3 is 0.867 bits per heavy atom. The molecule has 9 aromatic rings. The van der Waals surface area contributed by atoms with Gasteiger partial charge in [-0.25, -0.2) is 0 Å². The van der Waals surface area contributed by atoms with Crippen molar-refractivity contribution in [2.24, 2.45) is 0 Å². The van der Waals surface area contributed by atoms with E-state index in [1.165, 1.54) is 0 Å². The van der Waals surface area contributed by atoms with Gasteiger partial charge in [0.15, 0.2) is 5.78 Å². The Hall–Kier alpha value is -8.15. The normalized spacial score (nSPS) is 12.0. The van der Waals surface area contributed by atoms with Gasteiger partial charge in [0.1, 0.15) is 0 Å². The molecule has 0 aromatic heterocycles. The van der Waals surface area contributed by atoms with Crippen molar-refractivity contribution in [1.82, 2.24) is 0 Å². The van der Waals surface area contributed by atoms with Crippen molar-refractivity contribution in [2.75, 3.05) is 19.6 Å². The first-order valence-corrected chi connectivity index (χ1v) is 20.1. The monoisotopic (exact) mass is 772 g/mol. The average molecular weight is 773 g/mol. The molecule has 1 aliphatic rings. The molecular weight excluding hydrogens is 733 g/mol. The fraction of sp³-hybridized carbons (Fsp3) is 0.